The SMILES string of the molecule is OC12C(Br)(Br)C3(Br)C(Br)(Br)C(Br)(C1(Br)Br)C(Br)(Br)C(Br)(C2(Br)Br)C3(Br)Br. The molecule has 4 saturated carbocycles. The summed E-state index contributed by atoms with van der Waals surface area (Å²) in [4.78, 5) is 0. The summed E-state index contributed by atoms with van der Waals surface area (Å²) in [6, 6.07) is 0. The Bertz CT molecular complexity index is 512. The Hall–Kier alpha value is 7.16. The van der Waals surface area contributed by atoms with Crippen molar-refractivity contribution in [2.24, 2.45) is 0 Å². The molecule has 0 aromatic carbocycles. The number of halogens is 15. The Balaban J connectivity index is 2.71. The monoisotopic (exact) mass is 1320 g/mol. The molecule has 16 heteroatoms. The van der Waals surface area contributed by atoms with Gasteiger partial charge in [0.1, 0.15) is 38.0 Å². The van der Waals surface area contributed by atoms with Crippen LogP contribution in [-0.4, -0.2) is 43.1 Å². The quantitative estimate of drug-likeness (QED) is 0.240. The van der Waals surface area contributed by atoms with Gasteiger partial charge in [-0.1, -0.05) is 239 Å². The fourth-order valence-electron chi connectivity index (χ4n) is 3.83. The largest absolute Gasteiger partial charge is 0.383 e. The molecule has 1 nitrogen and oxygen atoms in total. The Kier molecular flexibility index (Phi) is 7.39. The first-order valence-corrected chi connectivity index (χ1v) is 18.0. The van der Waals surface area contributed by atoms with Gasteiger partial charge in [0.15, 0.2) is 0 Å². The van der Waals surface area contributed by atoms with Gasteiger partial charge in [0, 0.05) is 0 Å². The van der Waals surface area contributed by atoms with Gasteiger partial charge in [0.2, 0.25) is 0 Å². The summed E-state index contributed by atoms with van der Waals surface area (Å²) in [5.41, 5.74) is -1.58. The normalized spacial score (nSPS) is 53.5. The molecule has 152 valence electrons. The second-order valence-electron chi connectivity index (χ2n) is 6.13. The second kappa shape index (κ2) is 6.92. The summed E-state index contributed by atoms with van der Waals surface area (Å²) in [6.07, 6.45) is 0. The minimum atomic E-state index is -1.58. The minimum Gasteiger partial charge on any atom is -0.383 e. The smallest absolute Gasteiger partial charge is 0.144 e. The highest BCUT2D eigenvalue weighted by Gasteiger charge is 3.07. The molecule has 0 saturated heterocycles. The lowest BCUT2D eigenvalue weighted by molar-refractivity contribution is -0.0866. The summed E-state index contributed by atoms with van der Waals surface area (Å²) < 4.78 is -9.10. The molecule has 0 spiro atoms. The molecule has 0 radical (unpaired) electrons. The van der Waals surface area contributed by atoms with E-state index in [1.165, 1.54) is 0 Å². The van der Waals surface area contributed by atoms with Crippen LogP contribution < -0.4 is 0 Å². The molecule has 4 aliphatic rings. The average molecular weight is 1340 g/mol. The summed E-state index contributed by atoms with van der Waals surface area (Å²) in [5.74, 6) is 0. The van der Waals surface area contributed by atoms with E-state index >= 15 is 0 Å². The lowest BCUT2D eigenvalue weighted by Gasteiger charge is -2.87. The molecule has 4 aliphatic carbocycles. The van der Waals surface area contributed by atoms with Crippen molar-refractivity contribution in [3.63, 3.8) is 0 Å². The highest BCUT2D eigenvalue weighted by molar-refractivity contribution is 9.33. The number of hydrogen-bond donors (Lipinski definition) is 1. The Morgan fingerprint density at radius 2 is 0.462 bits per heavy atom. The molecule has 0 aromatic heterocycles. The molecule has 0 amide bonds. The first kappa shape index (κ1) is 27.7. The van der Waals surface area contributed by atoms with E-state index in [-0.39, 0.29) is 0 Å². The fraction of sp³-hybridized carbons (Fsp3) is 1.00. The van der Waals surface area contributed by atoms with Gasteiger partial charge >= 0.3 is 0 Å². The summed E-state index contributed by atoms with van der Waals surface area (Å²) in [7, 11) is 0. The van der Waals surface area contributed by atoms with Crippen molar-refractivity contribution >= 4 is 239 Å². The maximum absolute atomic E-state index is 12.4. The molecule has 0 aromatic rings. The molecule has 1 N–H and O–H groups in total. The van der Waals surface area contributed by atoms with Crippen LogP contribution in [0.5, 0.6) is 0 Å². The number of aliphatic hydroxyl groups is 1. The lowest BCUT2D eigenvalue weighted by Crippen LogP contribution is -3.05. The number of rotatable bonds is 0. The maximum Gasteiger partial charge on any atom is 0.144 e. The second-order valence-corrected chi connectivity index (χ2v) is 30.4. The van der Waals surface area contributed by atoms with Crippen LogP contribution in [0, 0.1) is 0 Å². The van der Waals surface area contributed by atoms with Crippen LogP contribution in [-0.2, 0) is 0 Å². The molecule has 0 heterocycles. The van der Waals surface area contributed by atoms with Gasteiger partial charge in [-0.2, -0.15) is 0 Å². The van der Waals surface area contributed by atoms with Gasteiger partial charge in [-0.05, 0) is 0 Å². The van der Waals surface area contributed by atoms with Gasteiger partial charge < -0.3 is 5.11 Å². The van der Waals surface area contributed by atoms with Gasteiger partial charge in [0.05, 0.1) is 0 Å². The third-order valence-electron chi connectivity index (χ3n) is 5.26. The predicted octanol–water partition coefficient (Wildman–Crippen LogP) is 10.1. The van der Waals surface area contributed by atoms with Crippen molar-refractivity contribution in [2.75, 3.05) is 0 Å². The Morgan fingerprint density at radius 3 is 0.615 bits per heavy atom. The molecule has 4 fully saturated rings. The topological polar surface area (TPSA) is 20.2 Å². The molecular weight excluding hydrogens is 1330 g/mol. The zero-order valence-electron chi connectivity index (χ0n) is 11.1. The van der Waals surface area contributed by atoms with Crippen molar-refractivity contribution < 1.29 is 5.11 Å². The van der Waals surface area contributed by atoms with Crippen molar-refractivity contribution in [2.45, 2.75) is 38.0 Å². The van der Waals surface area contributed by atoms with Gasteiger partial charge in [-0.25, -0.2) is 0 Å². The van der Waals surface area contributed by atoms with Crippen molar-refractivity contribution in [3.05, 3.63) is 0 Å². The fourth-order valence-corrected chi connectivity index (χ4v) is 34.3. The molecular formula is C10HBr15O. The highest BCUT2D eigenvalue weighted by atomic mass is 79.9. The maximum atomic E-state index is 12.4. The van der Waals surface area contributed by atoms with E-state index in [9.17, 15) is 5.11 Å². The average Bonchev–Trinajstić information content (AvgIpc) is 2.46. The zero-order chi connectivity index (χ0) is 21.0. The van der Waals surface area contributed by atoms with Crippen LogP contribution >= 0.6 is 239 Å². The van der Waals surface area contributed by atoms with Gasteiger partial charge in [-0.3, -0.25) is 0 Å². The van der Waals surface area contributed by atoms with Gasteiger partial charge in [-0.15, -0.1) is 0 Å². The van der Waals surface area contributed by atoms with Crippen LogP contribution in [0.2, 0.25) is 0 Å². The zero-order valence-corrected chi connectivity index (χ0v) is 34.9. The minimum absolute atomic E-state index is 0.917. The third-order valence-corrected chi connectivity index (χ3v) is 34.3. The van der Waals surface area contributed by atoms with E-state index in [2.05, 4.69) is 239 Å². The van der Waals surface area contributed by atoms with E-state index in [1.54, 1.807) is 0 Å². The van der Waals surface area contributed by atoms with Crippen molar-refractivity contribution in [3.8, 4) is 0 Å². The predicted molar refractivity (Wildman–Crippen MR) is 163 cm³/mol. The standard InChI is InChI=1S/C10HBr15O/c11-1-5(14,15)2(12)7(18,19)3(13,6(1,16)17)10(24,25)4(26,8(1,20)21)9(2,22)23/h26H. The number of hydrogen-bond acceptors (Lipinski definition) is 1. The van der Waals surface area contributed by atoms with E-state index in [4.69, 9.17) is 0 Å². The number of alkyl halides is 15. The van der Waals surface area contributed by atoms with E-state index in [0.29, 0.717) is 0 Å². The summed E-state index contributed by atoms with van der Waals surface area (Å²) in [6.45, 7) is 0. The Labute approximate surface area is 276 Å². The lowest BCUT2D eigenvalue weighted by atomic mass is 9.52. The molecule has 0 atom stereocenters. The first-order valence-electron chi connectivity index (χ1n) is 6.06. The first-order chi connectivity index (χ1) is 11.0. The Morgan fingerprint density at radius 1 is 0.308 bits per heavy atom. The van der Waals surface area contributed by atoms with E-state index in [0.717, 1.165) is 0 Å². The highest BCUT2D eigenvalue weighted by Crippen LogP contribution is 2.97. The van der Waals surface area contributed by atoms with Crippen LogP contribution in [0.25, 0.3) is 0 Å². The van der Waals surface area contributed by atoms with Crippen LogP contribution in [0.15, 0.2) is 0 Å². The molecule has 0 aliphatic heterocycles. The van der Waals surface area contributed by atoms with Crippen LogP contribution in [0.4, 0.5) is 0 Å². The molecule has 26 heavy (non-hydrogen) atoms. The van der Waals surface area contributed by atoms with Crippen molar-refractivity contribution in [1.29, 1.82) is 0 Å². The molecule has 4 rings (SSSR count). The molecule has 0 unspecified atom stereocenters. The van der Waals surface area contributed by atoms with Crippen LogP contribution in [0.3, 0.4) is 0 Å². The van der Waals surface area contributed by atoms with Crippen LogP contribution in [0.1, 0.15) is 0 Å². The third kappa shape index (κ3) is 2.14. The van der Waals surface area contributed by atoms with E-state index in [1.807, 2.05) is 0 Å². The van der Waals surface area contributed by atoms with Crippen molar-refractivity contribution in [1.82, 2.24) is 0 Å². The molecule has 4 bridgehead atoms. The van der Waals surface area contributed by atoms with Gasteiger partial charge in [0.25, 0.3) is 0 Å². The summed E-state index contributed by atoms with van der Waals surface area (Å²) >= 11 is 58.0. The summed E-state index contributed by atoms with van der Waals surface area (Å²) in [5, 5.41) is 12.4. The van der Waals surface area contributed by atoms with E-state index < -0.39 is 38.0 Å².